The number of aromatic nitrogens is 4. The van der Waals surface area contributed by atoms with Crippen LogP contribution in [0, 0.1) is 6.92 Å². The number of hydrogen-bond donors (Lipinski definition) is 1. The monoisotopic (exact) mass is 263 g/mol. The number of aryl methyl sites for hydroxylation is 1. The molecule has 0 saturated carbocycles. The molecular formula is C13H21N5O. The van der Waals surface area contributed by atoms with Crippen molar-refractivity contribution in [2.75, 3.05) is 25.6 Å². The third-order valence-electron chi connectivity index (χ3n) is 2.93. The molecule has 0 spiro atoms. The first-order valence-electron chi connectivity index (χ1n) is 6.46. The molecule has 19 heavy (non-hydrogen) atoms. The highest BCUT2D eigenvalue weighted by Gasteiger charge is 2.12. The summed E-state index contributed by atoms with van der Waals surface area (Å²) in [6.45, 7) is 6.39. The van der Waals surface area contributed by atoms with Gasteiger partial charge in [0.1, 0.15) is 0 Å². The van der Waals surface area contributed by atoms with Crippen LogP contribution in [0.5, 0.6) is 0 Å². The molecule has 2 aromatic heterocycles. The van der Waals surface area contributed by atoms with E-state index in [0.29, 0.717) is 6.61 Å². The van der Waals surface area contributed by atoms with Gasteiger partial charge >= 0.3 is 0 Å². The number of methoxy groups -OCH3 is 1. The third kappa shape index (κ3) is 3.57. The Hall–Kier alpha value is -1.82. The van der Waals surface area contributed by atoms with Gasteiger partial charge in [-0.05, 0) is 19.9 Å². The summed E-state index contributed by atoms with van der Waals surface area (Å²) >= 11 is 0. The molecule has 0 aromatic carbocycles. The molecule has 1 unspecified atom stereocenters. The van der Waals surface area contributed by atoms with Gasteiger partial charge in [-0.15, -0.1) is 0 Å². The maximum Gasteiger partial charge on any atom is 0.203 e. The fraction of sp³-hybridized carbons (Fsp3) is 0.538. The van der Waals surface area contributed by atoms with Crippen LogP contribution < -0.4 is 5.32 Å². The van der Waals surface area contributed by atoms with Crippen molar-refractivity contribution in [1.82, 2.24) is 19.3 Å². The van der Waals surface area contributed by atoms with Crippen LogP contribution in [-0.4, -0.2) is 39.6 Å². The molecule has 0 radical (unpaired) electrons. The van der Waals surface area contributed by atoms with E-state index in [-0.39, 0.29) is 6.04 Å². The van der Waals surface area contributed by atoms with Gasteiger partial charge in [0.25, 0.3) is 0 Å². The summed E-state index contributed by atoms with van der Waals surface area (Å²) in [4.78, 5) is 4.50. The first-order chi connectivity index (χ1) is 9.20. The van der Waals surface area contributed by atoms with Crippen molar-refractivity contribution >= 4 is 5.95 Å². The van der Waals surface area contributed by atoms with Crippen molar-refractivity contribution in [3.63, 3.8) is 0 Å². The summed E-state index contributed by atoms with van der Waals surface area (Å²) in [7, 11) is 1.69. The summed E-state index contributed by atoms with van der Waals surface area (Å²) < 4.78 is 9.12. The van der Waals surface area contributed by atoms with Crippen molar-refractivity contribution in [2.45, 2.75) is 26.4 Å². The summed E-state index contributed by atoms with van der Waals surface area (Å²) in [6, 6.07) is 2.22. The Morgan fingerprint density at radius 3 is 3.00 bits per heavy atom. The molecule has 6 nitrogen and oxygen atoms in total. The van der Waals surface area contributed by atoms with Crippen molar-refractivity contribution < 1.29 is 4.74 Å². The third-order valence-corrected chi connectivity index (χ3v) is 2.93. The lowest BCUT2D eigenvalue weighted by molar-refractivity contribution is 0.210. The van der Waals surface area contributed by atoms with Crippen LogP contribution in [0.3, 0.4) is 0 Å². The van der Waals surface area contributed by atoms with Crippen LogP contribution >= 0.6 is 0 Å². The van der Waals surface area contributed by atoms with Crippen molar-refractivity contribution in [1.29, 1.82) is 0 Å². The molecule has 104 valence electrons. The van der Waals surface area contributed by atoms with Gasteiger partial charge in [-0.25, -0.2) is 4.98 Å². The number of hydrogen-bond acceptors (Lipinski definition) is 4. The van der Waals surface area contributed by atoms with E-state index in [4.69, 9.17) is 4.74 Å². The summed E-state index contributed by atoms with van der Waals surface area (Å²) in [5, 5.41) is 7.53. The molecule has 2 aromatic rings. The fourth-order valence-corrected chi connectivity index (χ4v) is 2.01. The highest BCUT2D eigenvalue weighted by atomic mass is 16.5. The minimum atomic E-state index is 0.283. The lowest BCUT2D eigenvalue weighted by atomic mass is 10.3. The maximum atomic E-state index is 5.04. The zero-order valence-corrected chi connectivity index (χ0v) is 11.7. The summed E-state index contributed by atoms with van der Waals surface area (Å²) in [5.74, 6) is 0.884. The molecule has 2 rings (SSSR count). The molecule has 1 atom stereocenters. The van der Waals surface area contributed by atoms with Gasteiger partial charge in [-0.2, -0.15) is 5.10 Å². The number of imidazole rings is 1. The predicted octanol–water partition coefficient (Wildman–Crippen LogP) is 1.71. The highest BCUT2D eigenvalue weighted by Crippen LogP contribution is 2.17. The molecule has 0 aliphatic rings. The van der Waals surface area contributed by atoms with Gasteiger partial charge < -0.3 is 14.6 Å². The molecule has 0 aliphatic heterocycles. The van der Waals surface area contributed by atoms with Crippen LogP contribution in [0.2, 0.25) is 0 Å². The minimum absolute atomic E-state index is 0.283. The van der Waals surface area contributed by atoms with Crippen molar-refractivity contribution in [3.05, 3.63) is 30.4 Å². The number of rotatable bonds is 7. The van der Waals surface area contributed by atoms with E-state index in [2.05, 4.69) is 33.1 Å². The fourth-order valence-electron chi connectivity index (χ4n) is 2.01. The Labute approximate surface area is 113 Å². The van der Waals surface area contributed by atoms with Gasteiger partial charge in [0, 0.05) is 32.2 Å². The van der Waals surface area contributed by atoms with Crippen LogP contribution in [0.1, 0.15) is 18.7 Å². The van der Waals surface area contributed by atoms with Crippen LogP contribution in [-0.2, 0) is 11.3 Å². The van der Waals surface area contributed by atoms with E-state index < -0.39 is 0 Å². The molecular weight excluding hydrogens is 242 g/mol. The smallest absolute Gasteiger partial charge is 0.203 e. The Morgan fingerprint density at radius 1 is 1.47 bits per heavy atom. The highest BCUT2D eigenvalue weighted by molar-refractivity contribution is 5.29. The zero-order valence-electron chi connectivity index (χ0n) is 11.7. The van der Waals surface area contributed by atoms with Gasteiger partial charge in [-0.1, -0.05) is 0 Å². The van der Waals surface area contributed by atoms with Gasteiger partial charge in [-0.3, -0.25) is 4.68 Å². The van der Waals surface area contributed by atoms with Crippen LogP contribution in [0.25, 0.3) is 0 Å². The Morgan fingerprint density at radius 2 is 2.32 bits per heavy atom. The molecule has 0 bridgehead atoms. The quantitative estimate of drug-likeness (QED) is 0.773. The molecule has 2 heterocycles. The van der Waals surface area contributed by atoms with E-state index in [9.17, 15) is 0 Å². The van der Waals surface area contributed by atoms with E-state index >= 15 is 0 Å². The predicted molar refractivity (Wildman–Crippen MR) is 74.3 cm³/mol. The minimum Gasteiger partial charge on any atom is -0.383 e. The SMILES string of the molecule is COCCNc1nc(C)cn1C(C)Cn1cccn1. The first kappa shape index (κ1) is 13.6. The molecule has 0 aliphatic carbocycles. The number of anilines is 1. The number of nitrogens with one attached hydrogen (secondary N) is 1. The molecule has 1 N–H and O–H groups in total. The second kappa shape index (κ2) is 6.38. The van der Waals surface area contributed by atoms with Crippen LogP contribution in [0.4, 0.5) is 5.95 Å². The van der Waals surface area contributed by atoms with Gasteiger partial charge in [0.15, 0.2) is 0 Å². The Bertz CT molecular complexity index is 491. The first-order valence-corrected chi connectivity index (χ1v) is 6.46. The van der Waals surface area contributed by atoms with E-state index in [1.54, 1.807) is 13.3 Å². The molecule has 0 fully saturated rings. The second-order valence-corrected chi connectivity index (χ2v) is 4.61. The largest absolute Gasteiger partial charge is 0.383 e. The Balaban J connectivity index is 2.05. The summed E-state index contributed by atoms with van der Waals surface area (Å²) in [5.41, 5.74) is 1.01. The maximum absolute atomic E-state index is 5.04. The topological polar surface area (TPSA) is 56.9 Å². The standard InChI is InChI=1S/C13H21N5O/c1-11-9-18(13(16-11)14-6-8-19-3)12(2)10-17-7-4-5-15-17/h4-5,7,9,12H,6,8,10H2,1-3H3,(H,14,16). The molecule has 0 amide bonds. The zero-order chi connectivity index (χ0) is 13.7. The van der Waals surface area contributed by atoms with E-state index in [0.717, 1.165) is 24.7 Å². The summed E-state index contributed by atoms with van der Waals surface area (Å²) in [6.07, 6.45) is 5.82. The van der Waals surface area contributed by atoms with Crippen LogP contribution in [0.15, 0.2) is 24.7 Å². The average Bonchev–Trinajstić information content (AvgIpc) is 2.99. The normalized spacial score (nSPS) is 12.6. The van der Waals surface area contributed by atoms with E-state index in [1.807, 2.05) is 23.9 Å². The molecule has 6 heteroatoms. The Kier molecular flexibility index (Phi) is 4.57. The lowest BCUT2D eigenvalue weighted by Gasteiger charge is -2.17. The second-order valence-electron chi connectivity index (χ2n) is 4.61. The number of ether oxygens (including phenoxy) is 1. The number of nitrogens with zero attached hydrogens (tertiary/aromatic N) is 4. The lowest BCUT2D eigenvalue weighted by Crippen LogP contribution is -2.17. The average molecular weight is 263 g/mol. The van der Waals surface area contributed by atoms with Crippen molar-refractivity contribution in [3.8, 4) is 0 Å². The van der Waals surface area contributed by atoms with Gasteiger partial charge in [0.2, 0.25) is 5.95 Å². The van der Waals surface area contributed by atoms with Crippen molar-refractivity contribution in [2.24, 2.45) is 0 Å². The van der Waals surface area contributed by atoms with E-state index in [1.165, 1.54) is 0 Å². The van der Waals surface area contributed by atoms with Gasteiger partial charge in [0.05, 0.1) is 24.9 Å². The molecule has 0 saturated heterocycles.